The zero-order valence-corrected chi connectivity index (χ0v) is 11.4. The lowest BCUT2D eigenvalue weighted by Gasteiger charge is -2.31. The normalized spacial score (nSPS) is 27.3. The first-order valence-corrected chi connectivity index (χ1v) is 6.83. The molecule has 0 aromatic rings. The topological polar surface area (TPSA) is 61.8 Å². The Morgan fingerprint density at radius 3 is 2.83 bits per heavy atom. The molecule has 3 unspecified atom stereocenters. The van der Waals surface area contributed by atoms with Gasteiger partial charge >= 0.3 is 11.9 Å². The molecule has 3 atom stereocenters. The molecule has 5 nitrogen and oxygen atoms in total. The highest BCUT2D eigenvalue weighted by molar-refractivity contribution is 8.00. The van der Waals surface area contributed by atoms with Crippen molar-refractivity contribution in [1.29, 1.82) is 0 Å². The zero-order chi connectivity index (χ0) is 13.5. The molecule has 1 aliphatic heterocycles. The molecule has 1 saturated heterocycles. The summed E-state index contributed by atoms with van der Waals surface area (Å²) in [7, 11) is 0. The van der Waals surface area contributed by atoms with Crippen LogP contribution < -0.4 is 0 Å². The van der Waals surface area contributed by atoms with Crippen LogP contribution in [0.15, 0.2) is 12.7 Å². The Morgan fingerprint density at radius 2 is 2.22 bits per heavy atom. The van der Waals surface area contributed by atoms with Gasteiger partial charge in [-0.25, -0.2) is 4.79 Å². The molecule has 1 fully saturated rings. The van der Waals surface area contributed by atoms with Crippen LogP contribution in [0.2, 0.25) is 0 Å². The smallest absolute Gasteiger partial charge is 0.330 e. The highest BCUT2D eigenvalue weighted by Gasteiger charge is 2.27. The molecule has 0 aromatic heterocycles. The molecule has 0 spiro atoms. The van der Waals surface area contributed by atoms with Crippen molar-refractivity contribution in [1.82, 2.24) is 0 Å². The first kappa shape index (κ1) is 15.0. The van der Waals surface area contributed by atoms with Crippen LogP contribution in [0.25, 0.3) is 0 Å². The SMILES string of the molecule is C=CC(=O)OCCC(=O)OC1CSC(C)C(C)O1. The third kappa shape index (κ3) is 5.10. The molecule has 0 bridgehead atoms. The molecule has 0 N–H and O–H groups in total. The third-order valence-corrected chi connectivity index (χ3v) is 3.88. The average molecular weight is 274 g/mol. The fourth-order valence-electron chi connectivity index (χ4n) is 1.32. The van der Waals surface area contributed by atoms with Crippen LogP contribution in [0, 0.1) is 0 Å². The Hall–Kier alpha value is -1.01. The third-order valence-electron chi connectivity index (χ3n) is 2.50. The second kappa shape index (κ2) is 7.43. The van der Waals surface area contributed by atoms with Crippen molar-refractivity contribution in [2.45, 2.75) is 37.9 Å². The van der Waals surface area contributed by atoms with E-state index in [0.29, 0.717) is 11.0 Å². The van der Waals surface area contributed by atoms with E-state index in [2.05, 4.69) is 18.2 Å². The minimum atomic E-state index is -0.547. The molecule has 1 aliphatic rings. The lowest BCUT2D eigenvalue weighted by molar-refractivity contribution is -0.184. The van der Waals surface area contributed by atoms with E-state index in [4.69, 9.17) is 9.47 Å². The van der Waals surface area contributed by atoms with Gasteiger partial charge in [0.25, 0.3) is 0 Å². The van der Waals surface area contributed by atoms with Crippen molar-refractivity contribution in [2.24, 2.45) is 0 Å². The lowest BCUT2D eigenvalue weighted by Crippen LogP contribution is -2.37. The average Bonchev–Trinajstić information content (AvgIpc) is 2.33. The maximum Gasteiger partial charge on any atom is 0.330 e. The zero-order valence-electron chi connectivity index (χ0n) is 10.6. The number of hydrogen-bond acceptors (Lipinski definition) is 6. The van der Waals surface area contributed by atoms with Crippen molar-refractivity contribution in [3.05, 3.63) is 12.7 Å². The molecule has 18 heavy (non-hydrogen) atoms. The van der Waals surface area contributed by atoms with Gasteiger partial charge in [-0.15, -0.1) is 11.8 Å². The van der Waals surface area contributed by atoms with E-state index < -0.39 is 18.2 Å². The molecule has 0 aliphatic carbocycles. The summed E-state index contributed by atoms with van der Waals surface area (Å²) in [6.45, 7) is 7.27. The summed E-state index contributed by atoms with van der Waals surface area (Å²) in [5.41, 5.74) is 0. The number of ether oxygens (including phenoxy) is 3. The van der Waals surface area contributed by atoms with E-state index in [0.717, 1.165) is 6.08 Å². The van der Waals surface area contributed by atoms with Gasteiger partial charge < -0.3 is 14.2 Å². The first-order chi connectivity index (χ1) is 8.52. The fraction of sp³-hybridized carbons (Fsp3) is 0.667. The summed E-state index contributed by atoms with van der Waals surface area (Å²) in [6.07, 6.45) is 0.618. The summed E-state index contributed by atoms with van der Waals surface area (Å²) in [5.74, 6) is -0.349. The summed E-state index contributed by atoms with van der Waals surface area (Å²) in [4.78, 5) is 22.2. The number of carbonyl (C=O) groups is 2. The van der Waals surface area contributed by atoms with Crippen molar-refractivity contribution in [3.8, 4) is 0 Å². The summed E-state index contributed by atoms with van der Waals surface area (Å²) in [5, 5.41) is 0.397. The van der Waals surface area contributed by atoms with Crippen molar-refractivity contribution >= 4 is 23.7 Å². The lowest BCUT2D eigenvalue weighted by atomic mass is 10.3. The van der Waals surface area contributed by atoms with Crippen LogP contribution in [0.5, 0.6) is 0 Å². The van der Waals surface area contributed by atoms with Crippen LogP contribution >= 0.6 is 11.8 Å². The Kier molecular flexibility index (Phi) is 6.21. The molecule has 1 rings (SSSR count). The van der Waals surface area contributed by atoms with Crippen LogP contribution in [0.3, 0.4) is 0 Å². The highest BCUT2D eigenvalue weighted by atomic mass is 32.2. The van der Waals surface area contributed by atoms with Gasteiger partial charge in [-0.3, -0.25) is 4.79 Å². The van der Waals surface area contributed by atoms with Crippen molar-refractivity contribution in [2.75, 3.05) is 12.4 Å². The maximum atomic E-state index is 11.4. The van der Waals surface area contributed by atoms with Gasteiger partial charge in [0.2, 0.25) is 6.29 Å². The predicted molar refractivity (Wildman–Crippen MR) is 68.1 cm³/mol. The molecule has 102 valence electrons. The second-order valence-corrected chi connectivity index (χ2v) is 5.33. The molecule has 0 amide bonds. The summed E-state index contributed by atoms with van der Waals surface area (Å²) < 4.78 is 15.3. The molecular weight excluding hydrogens is 256 g/mol. The number of rotatable bonds is 5. The monoisotopic (exact) mass is 274 g/mol. The quantitative estimate of drug-likeness (QED) is 0.559. The Balaban J connectivity index is 2.20. The van der Waals surface area contributed by atoms with Gasteiger partial charge in [-0.1, -0.05) is 13.5 Å². The molecule has 6 heteroatoms. The van der Waals surface area contributed by atoms with E-state index in [-0.39, 0.29) is 19.1 Å². The van der Waals surface area contributed by atoms with Crippen molar-refractivity contribution < 1.29 is 23.8 Å². The minimum absolute atomic E-state index is 0.00446. The van der Waals surface area contributed by atoms with Crippen LogP contribution in [0.4, 0.5) is 0 Å². The van der Waals surface area contributed by atoms with Gasteiger partial charge in [-0.2, -0.15) is 0 Å². The largest absolute Gasteiger partial charge is 0.462 e. The Bertz CT molecular complexity index is 318. The molecule has 0 aromatic carbocycles. The Labute approximate surface area is 111 Å². The van der Waals surface area contributed by atoms with Gasteiger partial charge in [0.05, 0.1) is 18.3 Å². The molecule has 0 radical (unpaired) electrons. The fourth-order valence-corrected chi connectivity index (χ4v) is 2.26. The van der Waals surface area contributed by atoms with Crippen molar-refractivity contribution in [3.63, 3.8) is 0 Å². The summed E-state index contributed by atoms with van der Waals surface area (Å²) in [6, 6.07) is 0. The Morgan fingerprint density at radius 1 is 1.50 bits per heavy atom. The molecule has 1 heterocycles. The molecule has 0 saturated carbocycles. The minimum Gasteiger partial charge on any atom is -0.462 e. The number of esters is 2. The second-order valence-electron chi connectivity index (χ2n) is 3.92. The van der Waals surface area contributed by atoms with Crippen LogP contribution in [0.1, 0.15) is 20.3 Å². The molecular formula is C12H18O5S. The maximum absolute atomic E-state index is 11.4. The number of carbonyl (C=O) groups excluding carboxylic acids is 2. The number of hydrogen-bond donors (Lipinski definition) is 0. The number of thioether (sulfide) groups is 1. The van der Waals surface area contributed by atoms with Gasteiger partial charge in [0.15, 0.2) is 0 Å². The van der Waals surface area contributed by atoms with Crippen LogP contribution in [-0.2, 0) is 23.8 Å². The first-order valence-electron chi connectivity index (χ1n) is 5.78. The van der Waals surface area contributed by atoms with Gasteiger partial charge in [0.1, 0.15) is 6.61 Å². The standard InChI is InChI=1S/C12H18O5S/c1-4-10(13)15-6-5-11(14)17-12-7-18-9(3)8(2)16-12/h4,8-9,12H,1,5-7H2,2-3H3. The summed E-state index contributed by atoms with van der Waals surface area (Å²) >= 11 is 1.71. The predicted octanol–water partition coefficient (Wildman–Crippen LogP) is 1.52. The van der Waals surface area contributed by atoms with E-state index in [1.54, 1.807) is 11.8 Å². The highest BCUT2D eigenvalue weighted by Crippen LogP contribution is 2.26. The van der Waals surface area contributed by atoms with Gasteiger partial charge in [-0.05, 0) is 6.92 Å². The van der Waals surface area contributed by atoms with Crippen LogP contribution in [-0.4, -0.2) is 41.9 Å². The van der Waals surface area contributed by atoms with E-state index in [1.807, 2.05) is 6.92 Å². The van der Waals surface area contributed by atoms with E-state index in [9.17, 15) is 9.59 Å². The van der Waals surface area contributed by atoms with E-state index in [1.165, 1.54) is 0 Å². The van der Waals surface area contributed by atoms with E-state index >= 15 is 0 Å². The van der Waals surface area contributed by atoms with Gasteiger partial charge in [0, 0.05) is 11.3 Å².